The molecule has 8 heteroatoms. The van der Waals surface area contributed by atoms with E-state index >= 15 is 8.78 Å². The number of rotatable bonds is 6. The number of hydrogen-bond donors (Lipinski definition) is 0. The molecule has 1 aromatic rings. The highest BCUT2D eigenvalue weighted by molar-refractivity contribution is 9.10. The van der Waals surface area contributed by atoms with Crippen LogP contribution < -0.4 is 0 Å². The van der Waals surface area contributed by atoms with Crippen LogP contribution in [-0.2, 0) is 25.7 Å². The number of alkyl halides is 2. The van der Waals surface area contributed by atoms with E-state index in [4.69, 9.17) is 0 Å². The summed E-state index contributed by atoms with van der Waals surface area (Å²) in [6, 6.07) is 3.57. The molecule has 0 heterocycles. The molecule has 1 rings (SSSR count). The zero-order valence-corrected chi connectivity index (χ0v) is 17.2. The second kappa shape index (κ2) is 7.78. The average molecular weight is 443 g/mol. The third kappa shape index (κ3) is 4.64. The maximum absolute atomic E-state index is 15.0. The fourth-order valence-corrected chi connectivity index (χ4v) is 3.84. The first-order valence-corrected chi connectivity index (χ1v) is 9.77. The van der Waals surface area contributed by atoms with Crippen LogP contribution in [0.2, 0.25) is 0 Å². The Morgan fingerprint density at radius 3 is 2.28 bits per heavy atom. The number of carbonyl (C=O) groups is 1. The fourth-order valence-electron chi connectivity index (χ4n) is 2.18. The predicted molar refractivity (Wildman–Crippen MR) is 95.8 cm³/mol. The summed E-state index contributed by atoms with van der Waals surface area (Å²) in [5, 5.41) is 0. The molecule has 0 aliphatic heterocycles. The van der Waals surface area contributed by atoms with Gasteiger partial charge < -0.3 is 4.74 Å². The molecule has 25 heavy (non-hydrogen) atoms. The van der Waals surface area contributed by atoms with Gasteiger partial charge in [-0.3, -0.25) is 4.21 Å². The summed E-state index contributed by atoms with van der Waals surface area (Å²) in [5.74, 6) is -7.33. The Morgan fingerprint density at radius 1 is 1.24 bits per heavy atom. The van der Waals surface area contributed by atoms with Crippen molar-refractivity contribution in [1.82, 2.24) is 0 Å². The summed E-state index contributed by atoms with van der Waals surface area (Å²) in [6.45, 7) is 7.08. The van der Waals surface area contributed by atoms with Gasteiger partial charge in [0.25, 0.3) is 0 Å². The lowest BCUT2D eigenvalue weighted by atomic mass is 9.78. The topological polar surface area (TPSA) is 43.4 Å². The van der Waals surface area contributed by atoms with Gasteiger partial charge >= 0.3 is 11.9 Å². The standard InChI is InChI=1S/C17H22BrF3O3S/c1-6-24-14(22)17(20,21)16(5,10-25(23)15(2,3)4)12-9-11(18)7-8-13(12)19/h7-9H,6,10H2,1-5H3/t16-,25-/m1/s1. The van der Waals surface area contributed by atoms with Crippen LogP contribution in [0.1, 0.15) is 40.2 Å². The van der Waals surface area contributed by atoms with Crippen molar-refractivity contribution in [2.75, 3.05) is 12.4 Å². The molecule has 0 unspecified atom stereocenters. The number of carbonyl (C=O) groups excluding carboxylic acids is 1. The molecule has 0 amide bonds. The minimum absolute atomic E-state index is 0.242. The van der Waals surface area contributed by atoms with Crippen LogP contribution in [0.25, 0.3) is 0 Å². The summed E-state index contributed by atoms with van der Waals surface area (Å²) < 4.78 is 61.0. The molecule has 0 aliphatic rings. The first-order valence-electron chi connectivity index (χ1n) is 7.66. The van der Waals surface area contributed by atoms with Crippen molar-refractivity contribution in [3.05, 3.63) is 34.1 Å². The van der Waals surface area contributed by atoms with Gasteiger partial charge in [0.15, 0.2) is 0 Å². The Labute approximate surface area is 156 Å². The lowest BCUT2D eigenvalue weighted by molar-refractivity contribution is -0.181. The highest BCUT2D eigenvalue weighted by atomic mass is 79.9. The third-order valence-electron chi connectivity index (χ3n) is 3.85. The largest absolute Gasteiger partial charge is 0.462 e. The van der Waals surface area contributed by atoms with E-state index < -0.39 is 50.0 Å². The van der Waals surface area contributed by atoms with E-state index in [1.54, 1.807) is 20.8 Å². The number of halogens is 4. The van der Waals surface area contributed by atoms with Gasteiger partial charge in [-0.15, -0.1) is 0 Å². The Kier molecular flexibility index (Phi) is 6.89. The van der Waals surface area contributed by atoms with Crippen molar-refractivity contribution in [3.8, 4) is 0 Å². The molecule has 0 fully saturated rings. The number of hydrogen-bond acceptors (Lipinski definition) is 3. The molecule has 0 aliphatic carbocycles. The van der Waals surface area contributed by atoms with E-state index in [1.807, 2.05) is 0 Å². The molecule has 0 N–H and O–H groups in total. The number of benzene rings is 1. The van der Waals surface area contributed by atoms with Crippen LogP contribution in [0.15, 0.2) is 22.7 Å². The van der Waals surface area contributed by atoms with Gasteiger partial charge in [0.1, 0.15) is 5.82 Å². The molecule has 142 valence electrons. The zero-order chi connectivity index (χ0) is 19.6. The molecule has 0 saturated heterocycles. The molecule has 2 atom stereocenters. The lowest BCUT2D eigenvalue weighted by Crippen LogP contribution is -2.54. The van der Waals surface area contributed by atoms with E-state index in [9.17, 15) is 13.4 Å². The van der Waals surface area contributed by atoms with E-state index in [0.717, 1.165) is 13.0 Å². The fraction of sp³-hybridized carbons (Fsp3) is 0.588. The van der Waals surface area contributed by atoms with Crippen LogP contribution in [0, 0.1) is 5.82 Å². The number of ether oxygens (including phenoxy) is 1. The van der Waals surface area contributed by atoms with Gasteiger partial charge in [0, 0.05) is 31.3 Å². The summed E-state index contributed by atoms with van der Waals surface area (Å²) >= 11 is 3.13. The second-order valence-corrected chi connectivity index (χ2v) is 9.97. The van der Waals surface area contributed by atoms with Crippen molar-refractivity contribution in [2.24, 2.45) is 0 Å². The lowest BCUT2D eigenvalue weighted by Gasteiger charge is -2.37. The van der Waals surface area contributed by atoms with Gasteiger partial charge in [-0.2, -0.15) is 8.78 Å². The van der Waals surface area contributed by atoms with E-state index in [-0.39, 0.29) is 6.61 Å². The normalized spacial score (nSPS) is 16.2. The first-order chi connectivity index (χ1) is 11.3. The Hall–Kier alpha value is -0.890. The highest BCUT2D eigenvalue weighted by Gasteiger charge is 2.60. The van der Waals surface area contributed by atoms with E-state index in [2.05, 4.69) is 20.7 Å². The maximum Gasteiger partial charge on any atom is 0.377 e. The third-order valence-corrected chi connectivity index (χ3v) is 6.55. The maximum atomic E-state index is 15.0. The van der Waals surface area contributed by atoms with Gasteiger partial charge in [-0.1, -0.05) is 15.9 Å². The smallest absolute Gasteiger partial charge is 0.377 e. The van der Waals surface area contributed by atoms with Crippen molar-refractivity contribution < 1.29 is 26.9 Å². The number of esters is 1. The highest BCUT2D eigenvalue weighted by Crippen LogP contribution is 2.44. The van der Waals surface area contributed by atoms with Gasteiger partial charge in [0.05, 0.1) is 12.0 Å². The van der Waals surface area contributed by atoms with Gasteiger partial charge in [-0.25, -0.2) is 9.18 Å². The van der Waals surface area contributed by atoms with Crippen LogP contribution >= 0.6 is 15.9 Å². The molecule has 3 nitrogen and oxygen atoms in total. The Bertz CT molecular complexity index is 674. The van der Waals surface area contributed by atoms with Crippen molar-refractivity contribution >= 4 is 32.7 Å². The molecule has 0 saturated carbocycles. The van der Waals surface area contributed by atoms with Crippen molar-refractivity contribution in [2.45, 2.75) is 50.7 Å². The molecule has 0 spiro atoms. The molecule has 1 aromatic carbocycles. The molecule has 0 aromatic heterocycles. The second-order valence-electron chi connectivity index (χ2n) is 6.85. The zero-order valence-electron chi connectivity index (χ0n) is 14.8. The monoisotopic (exact) mass is 442 g/mol. The van der Waals surface area contributed by atoms with Crippen LogP contribution in [0.5, 0.6) is 0 Å². The van der Waals surface area contributed by atoms with Gasteiger partial charge in [-0.05, 0) is 52.8 Å². The van der Waals surface area contributed by atoms with Crippen molar-refractivity contribution in [1.29, 1.82) is 0 Å². The average Bonchev–Trinajstić information content (AvgIpc) is 2.48. The van der Waals surface area contributed by atoms with Gasteiger partial charge in [0.2, 0.25) is 0 Å². The van der Waals surface area contributed by atoms with Crippen LogP contribution in [-0.4, -0.2) is 33.2 Å². The Balaban J connectivity index is 3.58. The van der Waals surface area contributed by atoms with E-state index in [0.29, 0.717) is 4.47 Å². The summed E-state index contributed by atoms with van der Waals surface area (Å²) in [4.78, 5) is 11.9. The Morgan fingerprint density at radius 2 is 1.80 bits per heavy atom. The first kappa shape index (κ1) is 22.2. The van der Waals surface area contributed by atoms with Crippen LogP contribution in [0.4, 0.5) is 13.2 Å². The minimum Gasteiger partial charge on any atom is -0.462 e. The predicted octanol–water partition coefficient (Wildman–Crippen LogP) is 4.59. The van der Waals surface area contributed by atoms with E-state index in [1.165, 1.54) is 19.1 Å². The van der Waals surface area contributed by atoms with Crippen molar-refractivity contribution in [3.63, 3.8) is 0 Å². The molecule has 0 bridgehead atoms. The summed E-state index contributed by atoms with van der Waals surface area (Å²) in [5.41, 5.74) is -2.73. The molecule has 0 radical (unpaired) electrons. The summed E-state index contributed by atoms with van der Waals surface area (Å²) in [7, 11) is -1.76. The minimum atomic E-state index is -4.06. The molecular weight excluding hydrogens is 421 g/mol. The SMILES string of the molecule is CCOC(=O)C(F)(F)[C@](C)(C[S@@](=O)C(C)(C)C)c1cc(Br)ccc1F. The summed E-state index contributed by atoms with van der Waals surface area (Å²) in [6.07, 6.45) is 0. The van der Waals surface area contributed by atoms with Crippen LogP contribution in [0.3, 0.4) is 0 Å². The molecular formula is C17H22BrF3O3S. The quantitative estimate of drug-likeness (QED) is 0.604.